The van der Waals surface area contributed by atoms with E-state index >= 15 is 0 Å². The van der Waals surface area contributed by atoms with Gasteiger partial charge in [0.05, 0.1) is 0 Å². The zero-order valence-electron chi connectivity index (χ0n) is 6.34. The summed E-state index contributed by atoms with van der Waals surface area (Å²) in [6.07, 6.45) is 13.9. The average molecular weight is 166 g/mol. The largest absolute Gasteiger partial charge is 0.0839 e. The zero-order valence-corrected chi connectivity index (χ0v) is 6.34. The van der Waals surface area contributed by atoms with Gasteiger partial charge in [0.15, 0.2) is 0 Å². The van der Waals surface area contributed by atoms with Crippen molar-refractivity contribution in [2.24, 2.45) is 5.92 Å². The van der Waals surface area contributed by atoms with Crippen molar-refractivity contribution in [3.8, 4) is 0 Å². The number of allylic oxidation sites excluding steroid dienone is 4. The van der Waals surface area contributed by atoms with Crippen LogP contribution in [-0.2, 0) is 0 Å². The van der Waals surface area contributed by atoms with Gasteiger partial charge >= 0.3 is 0 Å². The van der Waals surface area contributed by atoms with Crippen molar-refractivity contribution in [3.05, 3.63) is 23.8 Å². The van der Waals surface area contributed by atoms with E-state index in [0.717, 1.165) is 5.92 Å². The number of hydrogen-bond acceptors (Lipinski definition) is 0. The molecule has 0 heterocycles. The van der Waals surface area contributed by atoms with Crippen LogP contribution in [0, 0.1) is 5.92 Å². The number of fused-ring (bicyclic) bond motifs is 1. The first-order valence-electron chi connectivity index (χ1n) is 4.32. The molecule has 12 heavy (non-hydrogen) atoms. The van der Waals surface area contributed by atoms with Gasteiger partial charge in [0.25, 0.3) is 0 Å². The molecule has 0 radical (unpaired) electrons. The molecule has 0 heteroatoms. The molecule has 1 saturated carbocycles. The molecule has 2 aliphatic carbocycles. The highest BCUT2D eigenvalue weighted by Gasteiger charge is 2.18. The van der Waals surface area contributed by atoms with E-state index in [9.17, 15) is 0 Å². The minimum atomic E-state index is 0. The second kappa shape index (κ2) is 5.18. The fraction of sp³-hybridized carbons (Fsp3) is 0.667. The Labute approximate surface area is 77.4 Å². The highest BCUT2D eigenvalue weighted by molar-refractivity contribution is 5.21. The lowest BCUT2D eigenvalue weighted by Gasteiger charge is -2.25. The molecule has 0 amide bonds. The summed E-state index contributed by atoms with van der Waals surface area (Å²) in [6, 6.07) is 0. The van der Waals surface area contributed by atoms with E-state index < -0.39 is 0 Å². The summed E-state index contributed by atoms with van der Waals surface area (Å²) in [5.74, 6) is 0.929. The lowest BCUT2D eigenvalue weighted by molar-refractivity contribution is 0.453. The lowest BCUT2D eigenvalue weighted by Crippen LogP contribution is -2.10. The minimum absolute atomic E-state index is 0. The summed E-state index contributed by atoms with van der Waals surface area (Å²) in [6.45, 7) is 0. The van der Waals surface area contributed by atoms with Gasteiger partial charge in [-0.3, -0.25) is 0 Å². The van der Waals surface area contributed by atoms with Crippen LogP contribution in [0.3, 0.4) is 0 Å². The molecular formula is C12H22. The summed E-state index contributed by atoms with van der Waals surface area (Å²) >= 11 is 0. The molecule has 0 saturated heterocycles. The maximum Gasteiger partial charge on any atom is -0.0165 e. The Balaban J connectivity index is 0.000000605. The average Bonchev–Trinajstić information content (AvgIpc) is 2.05. The molecule has 0 aliphatic heterocycles. The third-order valence-electron chi connectivity index (χ3n) is 2.66. The maximum absolute atomic E-state index is 2.33. The lowest BCUT2D eigenvalue weighted by atomic mass is 9.80. The van der Waals surface area contributed by atoms with Crippen molar-refractivity contribution in [1.29, 1.82) is 0 Å². The van der Waals surface area contributed by atoms with Crippen molar-refractivity contribution in [2.75, 3.05) is 0 Å². The van der Waals surface area contributed by atoms with Crippen LogP contribution in [0.25, 0.3) is 0 Å². The number of rotatable bonds is 0. The maximum atomic E-state index is 2.33. The second-order valence-electron chi connectivity index (χ2n) is 3.35. The van der Waals surface area contributed by atoms with Crippen LogP contribution < -0.4 is 0 Å². The standard InChI is InChI=1S/C10H14.2CH4/c1-2-6-10-8-4-3-7-9(10)5-1;;/h1-2,5,10H,3-4,6-8H2;2*1H4. The van der Waals surface area contributed by atoms with Gasteiger partial charge in [-0.1, -0.05) is 45.1 Å². The summed E-state index contributed by atoms with van der Waals surface area (Å²) in [5, 5.41) is 0. The molecule has 70 valence electrons. The van der Waals surface area contributed by atoms with E-state index in [0.29, 0.717) is 0 Å². The molecule has 0 aromatic carbocycles. The van der Waals surface area contributed by atoms with Crippen LogP contribution in [0.2, 0.25) is 0 Å². The van der Waals surface area contributed by atoms with Gasteiger partial charge < -0.3 is 0 Å². The smallest absolute Gasteiger partial charge is 0.0165 e. The highest BCUT2D eigenvalue weighted by atomic mass is 14.2. The third-order valence-corrected chi connectivity index (χ3v) is 2.66. The van der Waals surface area contributed by atoms with Gasteiger partial charge in [0.2, 0.25) is 0 Å². The first kappa shape index (κ1) is 11.5. The SMILES string of the molecule is C.C.C1=CCC2CCCCC2=C1. The monoisotopic (exact) mass is 166 g/mol. The summed E-state index contributed by atoms with van der Waals surface area (Å²) < 4.78 is 0. The molecule has 1 unspecified atom stereocenters. The van der Waals surface area contributed by atoms with Crippen molar-refractivity contribution in [3.63, 3.8) is 0 Å². The van der Waals surface area contributed by atoms with Crippen LogP contribution >= 0.6 is 0 Å². The molecule has 0 spiro atoms. The Kier molecular flexibility index (Phi) is 4.96. The van der Waals surface area contributed by atoms with Gasteiger partial charge in [-0.05, 0) is 31.6 Å². The zero-order chi connectivity index (χ0) is 6.81. The molecule has 0 nitrogen and oxygen atoms in total. The van der Waals surface area contributed by atoms with Gasteiger partial charge in [-0.15, -0.1) is 0 Å². The highest BCUT2D eigenvalue weighted by Crippen LogP contribution is 2.33. The third kappa shape index (κ3) is 2.23. The molecule has 0 aromatic rings. The van der Waals surface area contributed by atoms with E-state index in [1.807, 2.05) is 0 Å². The van der Waals surface area contributed by atoms with E-state index in [1.165, 1.54) is 32.1 Å². The summed E-state index contributed by atoms with van der Waals surface area (Å²) in [5.41, 5.74) is 1.72. The Morgan fingerprint density at radius 1 is 1.17 bits per heavy atom. The fourth-order valence-corrected chi connectivity index (χ4v) is 2.03. The van der Waals surface area contributed by atoms with Crippen LogP contribution in [0.1, 0.15) is 47.0 Å². The quantitative estimate of drug-likeness (QED) is 0.502. The van der Waals surface area contributed by atoms with E-state index in [1.54, 1.807) is 5.57 Å². The van der Waals surface area contributed by atoms with E-state index in [4.69, 9.17) is 0 Å². The van der Waals surface area contributed by atoms with E-state index in [-0.39, 0.29) is 14.9 Å². The van der Waals surface area contributed by atoms with Crippen molar-refractivity contribution < 1.29 is 0 Å². The van der Waals surface area contributed by atoms with Crippen LogP contribution in [-0.4, -0.2) is 0 Å². The number of hydrogen-bond donors (Lipinski definition) is 0. The Hall–Kier alpha value is -0.520. The van der Waals surface area contributed by atoms with Gasteiger partial charge in [-0.25, -0.2) is 0 Å². The molecule has 0 bridgehead atoms. The van der Waals surface area contributed by atoms with Gasteiger partial charge in [-0.2, -0.15) is 0 Å². The fourth-order valence-electron chi connectivity index (χ4n) is 2.03. The van der Waals surface area contributed by atoms with Crippen molar-refractivity contribution in [2.45, 2.75) is 47.0 Å². The molecule has 1 fully saturated rings. The molecule has 2 rings (SSSR count). The van der Waals surface area contributed by atoms with Crippen molar-refractivity contribution >= 4 is 0 Å². The Morgan fingerprint density at radius 2 is 2.00 bits per heavy atom. The van der Waals surface area contributed by atoms with Crippen LogP contribution in [0.5, 0.6) is 0 Å². The van der Waals surface area contributed by atoms with Gasteiger partial charge in [0.1, 0.15) is 0 Å². The molecule has 0 aromatic heterocycles. The van der Waals surface area contributed by atoms with E-state index in [2.05, 4.69) is 18.2 Å². The summed E-state index contributed by atoms with van der Waals surface area (Å²) in [4.78, 5) is 0. The topological polar surface area (TPSA) is 0 Å². The summed E-state index contributed by atoms with van der Waals surface area (Å²) in [7, 11) is 0. The predicted octanol–water partition coefficient (Wildman–Crippen LogP) is 4.34. The Bertz CT molecular complexity index is 174. The minimum Gasteiger partial charge on any atom is -0.0839 e. The Morgan fingerprint density at radius 3 is 2.75 bits per heavy atom. The molecule has 1 atom stereocenters. The van der Waals surface area contributed by atoms with Gasteiger partial charge in [0, 0.05) is 0 Å². The van der Waals surface area contributed by atoms with Crippen LogP contribution in [0.4, 0.5) is 0 Å². The van der Waals surface area contributed by atoms with Crippen LogP contribution in [0.15, 0.2) is 23.8 Å². The normalized spacial score (nSPS) is 26.0. The molecular weight excluding hydrogens is 144 g/mol. The molecule has 2 aliphatic rings. The van der Waals surface area contributed by atoms with Crippen molar-refractivity contribution in [1.82, 2.24) is 0 Å². The second-order valence-corrected chi connectivity index (χ2v) is 3.35. The molecule has 0 N–H and O–H groups in total. The first-order chi connectivity index (χ1) is 4.97. The predicted molar refractivity (Wildman–Crippen MR) is 57.3 cm³/mol. The first-order valence-corrected chi connectivity index (χ1v) is 4.32.